The third kappa shape index (κ3) is 9.83. The smallest absolute Gasteiger partial charge is 0.248 e. The molecule has 7 heteroatoms. The van der Waals surface area contributed by atoms with Crippen molar-refractivity contribution in [2.45, 2.75) is 52.0 Å². The van der Waals surface area contributed by atoms with Crippen molar-refractivity contribution in [1.82, 2.24) is 15.5 Å². The summed E-state index contributed by atoms with van der Waals surface area (Å²) < 4.78 is 0. The molecule has 1 aromatic carbocycles. The van der Waals surface area contributed by atoms with Gasteiger partial charge in [0.05, 0.1) is 0 Å². The Morgan fingerprint density at radius 3 is 2.33 bits per heavy atom. The number of amides is 3. The van der Waals surface area contributed by atoms with Crippen molar-refractivity contribution >= 4 is 17.7 Å². The fraction of sp³-hybridized carbons (Fsp3) is 0.550. The van der Waals surface area contributed by atoms with Gasteiger partial charge in [0, 0.05) is 27.5 Å². The van der Waals surface area contributed by atoms with Crippen molar-refractivity contribution in [3.05, 3.63) is 35.9 Å². The van der Waals surface area contributed by atoms with E-state index >= 15 is 0 Å². The molecule has 1 unspecified atom stereocenters. The fourth-order valence-electron chi connectivity index (χ4n) is 2.65. The summed E-state index contributed by atoms with van der Waals surface area (Å²) >= 11 is 0. The van der Waals surface area contributed by atoms with E-state index in [1.165, 1.54) is 32.4 Å². The zero-order chi connectivity index (χ0) is 19.4. The van der Waals surface area contributed by atoms with Gasteiger partial charge in [-0.1, -0.05) is 25.8 Å². The zero-order valence-electron chi connectivity index (χ0n) is 16.4. The molecule has 0 bridgehead atoms. The van der Waals surface area contributed by atoms with Gasteiger partial charge >= 0.3 is 0 Å². The molecule has 0 radical (unpaired) electrons. The van der Waals surface area contributed by atoms with Gasteiger partial charge in [-0.2, -0.15) is 0 Å². The number of benzene rings is 1. The molecule has 3 rings (SSSR count). The second-order valence-corrected chi connectivity index (χ2v) is 6.12. The maximum atomic E-state index is 11.7. The van der Waals surface area contributed by atoms with Crippen LogP contribution in [-0.4, -0.2) is 48.8 Å². The monoisotopic (exact) mass is 544 g/mol. The average molecular weight is 544 g/mol. The van der Waals surface area contributed by atoms with Crippen LogP contribution in [0.4, 0.5) is 0 Å². The van der Waals surface area contributed by atoms with Gasteiger partial charge in [-0.3, -0.25) is 14.9 Å². The second kappa shape index (κ2) is 14.5. The third-order valence-electron chi connectivity index (χ3n) is 4.08. The van der Waals surface area contributed by atoms with Crippen molar-refractivity contribution in [2.24, 2.45) is 0 Å². The number of nitrogens with one attached hydrogen (secondary N) is 2. The van der Waals surface area contributed by atoms with Crippen molar-refractivity contribution in [2.75, 3.05) is 20.1 Å². The molecule has 0 saturated carbocycles. The van der Waals surface area contributed by atoms with Crippen molar-refractivity contribution in [3.8, 4) is 0 Å². The van der Waals surface area contributed by atoms with Crippen LogP contribution in [0, 0.1) is 6.07 Å². The Kier molecular flexibility index (Phi) is 13.7. The van der Waals surface area contributed by atoms with Gasteiger partial charge in [0.25, 0.3) is 0 Å². The van der Waals surface area contributed by atoms with E-state index in [1.807, 2.05) is 13.8 Å². The van der Waals surface area contributed by atoms with Crippen LogP contribution in [0.25, 0.3) is 0 Å². The van der Waals surface area contributed by atoms with Crippen molar-refractivity contribution < 1.29 is 35.4 Å². The van der Waals surface area contributed by atoms with Crippen LogP contribution in [0.3, 0.4) is 0 Å². The van der Waals surface area contributed by atoms with E-state index in [4.69, 9.17) is 0 Å². The number of hydrogen-bond acceptors (Lipinski definition) is 4. The summed E-state index contributed by atoms with van der Waals surface area (Å²) in [6.07, 6.45) is 4.86. The predicted molar refractivity (Wildman–Crippen MR) is 102 cm³/mol. The first-order chi connectivity index (χ1) is 12.6. The molecule has 2 aliphatic heterocycles. The first kappa shape index (κ1) is 25.5. The molecule has 6 nitrogen and oxygen atoms in total. The van der Waals surface area contributed by atoms with Gasteiger partial charge in [-0.25, -0.2) is 0 Å². The average Bonchev–Trinajstić information content (AvgIpc) is 2.67. The summed E-state index contributed by atoms with van der Waals surface area (Å²) in [5.41, 5.74) is 0.372. The standard InChI is InChI=1S/C12H11N2O3.C6H13N.C2H6.W/c15-10-7-6-9(12(17)14-10)13-11(16)8-4-2-1-3-5-8;1-7-5-3-2-4-6-7;1-2;/h1-4,9H,6-7H2,(H,13,16)(H,14,15,17);2-6H2,1H3;1-2H3;/q-1;;;. The van der Waals surface area contributed by atoms with Gasteiger partial charge in [-0.05, 0) is 39.4 Å². The Labute approximate surface area is 176 Å². The minimum atomic E-state index is -0.645. The molecule has 150 valence electrons. The van der Waals surface area contributed by atoms with Crippen LogP contribution in [0.5, 0.6) is 0 Å². The molecule has 1 aromatic rings. The summed E-state index contributed by atoms with van der Waals surface area (Å²) in [5.74, 6) is -1.11. The van der Waals surface area contributed by atoms with Crippen LogP contribution >= 0.6 is 0 Å². The minimum absolute atomic E-state index is 0. The first-order valence-corrected chi connectivity index (χ1v) is 9.36. The maximum Gasteiger partial charge on any atom is 0.248 e. The van der Waals surface area contributed by atoms with Gasteiger partial charge in [0.2, 0.25) is 11.8 Å². The molecule has 2 heterocycles. The van der Waals surface area contributed by atoms with Crippen LogP contribution in [0.1, 0.15) is 56.3 Å². The predicted octanol–water partition coefficient (Wildman–Crippen LogP) is 2.15. The number of likely N-dealkylation sites (tertiary alicyclic amines) is 1. The SMILES string of the molecule is CC.CN1CCCCC1.O=C1CCC(NC(=O)c2[c-]cccc2)C(=O)N1.[W]. The molecule has 2 aliphatic rings. The largest absolute Gasteiger partial charge is 0.381 e. The molecule has 2 saturated heterocycles. The van der Waals surface area contributed by atoms with Crippen molar-refractivity contribution in [3.63, 3.8) is 0 Å². The van der Waals surface area contributed by atoms with Crippen LogP contribution < -0.4 is 10.6 Å². The Balaban J connectivity index is 0.000000569. The molecule has 0 aromatic heterocycles. The number of carbonyl (C=O) groups is 3. The fourth-order valence-corrected chi connectivity index (χ4v) is 2.65. The van der Waals surface area contributed by atoms with E-state index in [9.17, 15) is 14.4 Å². The molecule has 27 heavy (non-hydrogen) atoms. The number of imide groups is 1. The number of piperidine rings is 2. The van der Waals surface area contributed by atoms with E-state index in [1.54, 1.807) is 24.3 Å². The molecule has 0 spiro atoms. The minimum Gasteiger partial charge on any atom is -0.381 e. The third-order valence-corrected chi connectivity index (χ3v) is 4.08. The summed E-state index contributed by atoms with van der Waals surface area (Å²) in [5, 5.41) is 4.75. The summed E-state index contributed by atoms with van der Waals surface area (Å²) in [6, 6.07) is 8.83. The Morgan fingerprint density at radius 2 is 1.85 bits per heavy atom. The normalized spacial score (nSPS) is 19.1. The molecule has 0 aliphatic carbocycles. The van der Waals surface area contributed by atoms with E-state index in [0.29, 0.717) is 12.0 Å². The van der Waals surface area contributed by atoms with Crippen LogP contribution in [0.2, 0.25) is 0 Å². The summed E-state index contributed by atoms with van der Waals surface area (Å²) in [4.78, 5) is 36.5. The van der Waals surface area contributed by atoms with E-state index in [-0.39, 0.29) is 39.3 Å². The Morgan fingerprint density at radius 1 is 1.19 bits per heavy atom. The molecule has 2 N–H and O–H groups in total. The van der Waals surface area contributed by atoms with Gasteiger partial charge in [0.1, 0.15) is 6.04 Å². The molecular formula is C20H30N3O3W-. The van der Waals surface area contributed by atoms with Gasteiger partial charge < -0.3 is 15.0 Å². The van der Waals surface area contributed by atoms with Crippen molar-refractivity contribution in [1.29, 1.82) is 0 Å². The zero-order valence-corrected chi connectivity index (χ0v) is 19.4. The Bertz CT molecular complexity index is 575. The quantitative estimate of drug-likeness (QED) is 0.442. The molecular weight excluding hydrogens is 514 g/mol. The van der Waals surface area contributed by atoms with E-state index in [2.05, 4.69) is 28.6 Å². The number of rotatable bonds is 2. The first-order valence-electron chi connectivity index (χ1n) is 9.36. The topological polar surface area (TPSA) is 78.5 Å². The van der Waals surface area contributed by atoms with Gasteiger partial charge in [-0.15, -0.1) is 30.3 Å². The van der Waals surface area contributed by atoms with E-state index < -0.39 is 11.9 Å². The summed E-state index contributed by atoms with van der Waals surface area (Å²) in [7, 11) is 2.19. The Hall–Kier alpha value is -1.52. The number of carbonyl (C=O) groups excluding carboxylic acids is 3. The van der Waals surface area contributed by atoms with Gasteiger partial charge in [0.15, 0.2) is 5.91 Å². The molecule has 2 fully saturated rings. The molecule has 1 atom stereocenters. The number of hydrogen-bond donors (Lipinski definition) is 2. The summed E-state index contributed by atoms with van der Waals surface area (Å²) in [6.45, 7) is 6.64. The van der Waals surface area contributed by atoms with Crippen LogP contribution in [0.15, 0.2) is 24.3 Å². The van der Waals surface area contributed by atoms with E-state index in [0.717, 1.165) is 0 Å². The van der Waals surface area contributed by atoms with Crippen LogP contribution in [-0.2, 0) is 30.7 Å². The maximum absolute atomic E-state index is 11.7. The second-order valence-electron chi connectivity index (χ2n) is 6.12. The molecule has 3 amide bonds. The number of nitrogens with zero attached hydrogens (tertiary/aromatic N) is 1.